The van der Waals surface area contributed by atoms with E-state index in [1.165, 1.54) is 48.9 Å². The quantitative estimate of drug-likeness (QED) is 0.718. The van der Waals surface area contributed by atoms with Crippen LogP contribution in [-0.2, 0) is 6.54 Å². The van der Waals surface area contributed by atoms with Crippen LogP contribution in [0.5, 0.6) is 0 Å². The summed E-state index contributed by atoms with van der Waals surface area (Å²) in [7, 11) is 0. The van der Waals surface area contributed by atoms with E-state index in [1.807, 2.05) is 0 Å². The first kappa shape index (κ1) is 11.7. The van der Waals surface area contributed by atoms with Crippen LogP contribution in [0.15, 0.2) is 18.2 Å². The zero-order chi connectivity index (χ0) is 11.4. The zero-order valence-corrected chi connectivity index (χ0v) is 10.6. The molecule has 1 aromatic carbocycles. The lowest BCUT2D eigenvalue weighted by molar-refractivity contribution is 0.594. The molecular formula is C15H23N. The van der Waals surface area contributed by atoms with Crippen LogP contribution >= 0.6 is 0 Å². The molecule has 1 N–H and O–H groups in total. The van der Waals surface area contributed by atoms with Crippen molar-refractivity contribution < 1.29 is 0 Å². The number of benzene rings is 1. The lowest BCUT2D eigenvalue weighted by Crippen LogP contribution is -2.15. The highest BCUT2D eigenvalue weighted by atomic mass is 14.8. The molecule has 88 valence electrons. The highest BCUT2D eigenvalue weighted by Crippen LogP contribution is 2.33. The van der Waals surface area contributed by atoms with Crippen molar-refractivity contribution in [1.82, 2.24) is 5.32 Å². The maximum Gasteiger partial charge on any atom is 0.0205 e. The zero-order valence-electron chi connectivity index (χ0n) is 10.6. The molecule has 0 saturated heterocycles. The Morgan fingerprint density at radius 3 is 2.44 bits per heavy atom. The fourth-order valence-corrected chi connectivity index (χ4v) is 2.33. The Morgan fingerprint density at radius 2 is 1.81 bits per heavy atom. The maximum atomic E-state index is 3.54. The Hall–Kier alpha value is -0.820. The van der Waals surface area contributed by atoms with Crippen LogP contribution in [0.4, 0.5) is 0 Å². The normalized spacial score (nSPS) is 15.4. The van der Waals surface area contributed by atoms with Crippen molar-refractivity contribution in [3.63, 3.8) is 0 Å². The topological polar surface area (TPSA) is 12.0 Å². The summed E-state index contributed by atoms with van der Waals surface area (Å²) in [4.78, 5) is 0. The summed E-state index contributed by atoms with van der Waals surface area (Å²) in [5.41, 5.74) is 4.16. The van der Waals surface area contributed by atoms with E-state index in [2.05, 4.69) is 37.4 Å². The van der Waals surface area contributed by atoms with E-state index in [-0.39, 0.29) is 0 Å². The van der Waals surface area contributed by atoms with Crippen LogP contribution in [0.1, 0.15) is 42.4 Å². The molecule has 0 amide bonds. The van der Waals surface area contributed by atoms with Gasteiger partial charge in [0.05, 0.1) is 0 Å². The van der Waals surface area contributed by atoms with Gasteiger partial charge in [0.15, 0.2) is 0 Å². The number of aryl methyl sites for hydroxylation is 2. The van der Waals surface area contributed by atoms with E-state index in [1.54, 1.807) is 0 Å². The van der Waals surface area contributed by atoms with Gasteiger partial charge in [0, 0.05) is 6.54 Å². The number of hydrogen-bond donors (Lipinski definition) is 1. The molecule has 2 rings (SSSR count). The molecule has 0 aliphatic heterocycles. The van der Waals surface area contributed by atoms with Crippen molar-refractivity contribution in [2.24, 2.45) is 5.92 Å². The minimum Gasteiger partial charge on any atom is -0.313 e. The summed E-state index contributed by atoms with van der Waals surface area (Å²) in [5, 5.41) is 3.54. The molecule has 0 spiro atoms. The van der Waals surface area contributed by atoms with E-state index < -0.39 is 0 Å². The minimum absolute atomic E-state index is 1.02. The Bertz CT molecular complexity index is 319. The minimum atomic E-state index is 1.02. The Balaban J connectivity index is 1.67. The first-order valence-corrected chi connectivity index (χ1v) is 6.52. The molecule has 0 bridgehead atoms. The van der Waals surface area contributed by atoms with Gasteiger partial charge in [-0.2, -0.15) is 0 Å². The summed E-state index contributed by atoms with van der Waals surface area (Å²) in [6.45, 7) is 6.53. The molecule has 1 aliphatic carbocycles. The highest BCUT2D eigenvalue weighted by Gasteiger charge is 2.19. The lowest BCUT2D eigenvalue weighted by atomic mass is 10.1. The summed E-state index contributed by atoms with van der Waals surface area (Å²) in [5.74, 6) is 1.07. The predicted molar refractivity (Wildman–Crippen MR) is 69.6 cm³/mol. The molecule has 1 aliphatic rings. The van der Waals surface area contributed by atoms with Crippen LogP contribution in [0, 0.1) is 19.8 Å². The standard InChI is InChI=1S/C15H23N/c1-12-8-13(2)10-15(9-12)11-16-7-3-4-14-5-6-14/h8-10,14,16H,3-7,11H2,1-2H3. The maximum absolute atomic E-state index is 3.54. The van der Waals surface area contributed by atoms with Gasteiger partial charge in [-0.05, 0) is 44.7 Å². The van der Waals surface area contributed by atoms with E-state index in [0.29, 0.717) is 0 Å². The molecule has 1 aromatic rings. The van der Waals surface area contributed by atoms with Crippen LogP contribution in [0.3, 0.4) is 0 Å². The molecular weight excluding hydrogens is 194 g/mol. The molecule has 0 aromatic heterocycles. The number of nitrogens with one attached hydrogen (secondary N) is 1. The van der Waals surface area contributed by atoms with Gasteiger partial charge in [0.1, 0.15) is 0 Å². The van der Waals surface area contributed by atoms with Gasteiger partial charge in [-0.15, -0.1) is 0 Å². The second kappa shape index (κ2) is 5.49. The summed E-state index contributed by atoms with van der Waals surface area (Å²) >= 11 is 0. The molecule has 16 heavy (non-hydrogen) atoms. The Kier molecular flexibility index (Phi) is 4.00. The van der Waals surface area contributed by atoms with Crippen LogP contribution in [0.25, 0.3) is 0 Å². The van der Waals surface area contributed by atoms with Crippen LogP contribution < -0.4 is 5.32 Å². The third kappa shape index (κ3) is 3.97. The third-order valence-electron chi connectivity index (χ3n) is 3.27. The van der Waals surface area contributed by atoms with Gasteiger partial charge in [-0.25, -0.2) is 0 Å². The van der Waals surface area contributed by atoms with Gasteiger partial charge in [-0.3, -0.25) is 0 Å². The Morgan fingerprint density at radius 1 is 1.12 bits per heavy atom. The van der Waals surface area contributed by atoms with Crippen molar-refractivity contribution in [1.29, 1.82) is 0 Å². The molecule has 1 heteroatoms. The van der Waals surface area contributed by atoms with Gasteiger partial charge < -0.3 is 5.32 Å². The number of rotatable bonds is 6. The van der Waals surface area contributed by atoms with E-state index in [0.717, 1.165) is 12.5 Å². The molecule has 0 atom stereocenters. The molecule has 0 radical (unpaired) electrons. The fourth-order valence-electron chi connectivity index (χ4n) is 2.33. The lowest BCUT2D eigenvalue weighted by Gasteiger charge is -2.07. The SMILES string of the molecule is Cc1cc(C)cc(CNCCCC2CC2)c1. The molecule has 1 saturated carbocycles. The van der Waals surface area contributed by atoms with E-state index in [9.17, 15) is 0 Å². The van der Waals surface area contributed by atoms with Crippen LogP contribution in [-0.4, -0.2) is 6.54 Å². The first-order valence-electron chi connectivity index (χ1n) is 6.52. The smallest absolute Gasteiger partial charge is 0.0205 e. The fraction of sp³-hybridized carbons (Fsp3) is 0.600. The van der Waals surface area contributed by atoms with Gasteiger partial charge in [-0.1, -0.05) is 42.2 Å². The van der Waals surface area contributed by atoms with Gasteiger partial charge in [0.25, 0.3) is 0 Å². The van der Waals surface area contributed by atoms with Crippen LogP contribution in [0.2, 0.25) is 0 Å². The number of hydrogen-bond acceptors (Lipinski definition) is 1. The highest BCUT2D eigenvalue weighted by molar-refractivity contribution is 5.28. The molecule has 1 fully saturated rings. The predicted octanol–water partition coefficient (Wildman–Crippen LogP) is 3.58. The van der Waals surface area contributed by atoms with E-state index in [4.69, 9.17) is 0 Å². The average molecular weight is 217 g/mol. The first-order chi connectivity index (χ1) is 7.74. The molecule has 1 nitrogen and oxygen atoms in total. The molecule has 0 unspecified atom stereocenters. The van der Waals surface area contributed by atoms with Gasteiger partial charge in [0.2, 0.25) is 0 Å². The summed E-state index contributed by atoms with van der Waals surface area (Å²) in [6, 6.07) is 6.79. The van der Waals surface area contributed by atoms with Gasteiger partial charge >= 0.3 is 0 Å². The van der Waals surface area contributed by atoms with E-state index >= 15 is 0 Å². The third-order valence-corrected chi connectivity index (χ3v) is 3.27. The van der Waals surface area contributed by atoms with Crippen molar-refractivity contribution in [2.45, 2.75) is 46.1 Å². The van der Waals surface area contributed by atoms with Crippen molar-refractivity contribution in [2.75, 3.05) is 6.54 Å². The summed E-state index contributed by atoms with van der Waals surface area (Å²) < 4.78 is 0. The molecule has 0 heterocycles. The monoisotopic (exact) mass is 217 g/mol. The summed E-state index contributed by atoms with van der Waals surface area (Å²) in [6.07, 6.45) is 5.74. The van der Waals surface area contributed by atoms with Crippen molar-refractivity contribution in [3.8, 4) is 0 Å². The Labute approximate surface area is 99.3 Å². The van der Waals surface area contributed by atoms with Crippen molar-refractivity contribution in [3.05, 3.63) is 34.9 Å². The second-order valence-corrected chi connectivity index (χ2v) is 5.26. The van der Waals surface area contributed by atoms with Crippen molar-refractivity contribution >= 4 is 0 Å². The average Bonchev–Trinajstić information content (AvgIpc) is 2.99. The largest absolute Gasteiger partial charge is 0.313 e. The second-order valence-electron chi connectivity index (χ2n) is 5.26.